The molecule has 2 rings (SSSR count). The molecule has 0 amide bonds. The number of carbonyl (C=O) groups is 1. The van der Waals surface area contributed by atoms with E-state index in [2.05, 4.69) is 22.9 Å². The number of esters is 1. The van der Waals surface area contributed by atoms with Crippen LogP contribution < -0.4 is 9.47 Å². The summed E-state index contributed by atoms with van der Waals surface area (Å²) in [5, 5.41) is 0. The van der Waals surface area contributed by atoms with Crippen molar-refractivity contribution >= 4 is 21.9 Å². The number of rotatable bonds is 8. The summed E-state index contributed by atoms with van der Waals surface area (Å²) in [5.74, 6) is 0.912. The maximum absolute atomic E-state index is 12.2. The first-order chi connectivity index (χ1) is 11.6. The van der Waals surface area contributed by atoms with Crippen LogP contribution in [0.5, 0.6) is 11.5 Å². The number of aryl methyl sites for hydroxylation is 1. The molecule has 3 nitrogen and oxygen atoms in total. The van der Waals surface area contributed by atoms with E-state index in [-0.39, 0.29) is 5.97 Å². The van der Waals surface area contributed by atoms with Crippen LogP contribution in [0.25, 0.3) is 0 Å². The molecule has 0 atom stereocenters. The Morgan fingerprint density at radius 2 is 1.79 bits per heavy atom. The third kappa shape index (κ3) is 5.68. The van der Waals surface area contributed by atoms with Gasteiger partial charge in [0.25, 0.3) is 0 Å². The van der Waals surface area contributed by atoms with Gasteiger partial charge in [0.05, 0.1) is 16.6 Å². The summed E-state index contributed by atoms with van der Waals surface area (Å²) in [6.45, 7) is 4.88. The molecule has 4 heteroatoms. The molecule has 0 heterocycles. The number of carbonyl (C=O) groups excluding carboxylic acids is 1. The molecule has 0 aliphatic rings. The average molecular weight is 391 g/mol. The molecule has 0 aromatic heterocycles. The second-order valence-corrected chi connectivity index (χ2v) is 6.61. The highest BCUT2D eigenvalue weighted by Crippen LogP contribution is 2.26. The van der Waals surface area contributed by atoms with E-state index in [4.69, 9.17) is 9.47 Å². The van der Waals surface area contributed by atoms with Gasteiger partial charge in [0.2, 0.25) is 0 Å². The van der Waals surface area contributed by atoms with Crippen LogP contribution in [0.15, 0.2) is 46.9 Å². The van der Waals surface area contributed by atoms with Gasteiger partial charge in [-0.3, -0.25) is 0 Å². The zero-order chi connectivity index (χ0) is 17.4. The first-order valence-electron chi connectivity index (χ1n) is 8.31. The van der Waals surface area contributed by atoms with Gasteiger partial charge in [-0.25, -0.2) is 4.79 Å². The first-order valence-corrected chi connectivity index (χ1v) is 9.10. The van der Waals surface area contributed by atoms with Gasteiger partial charge in [-0.05, 0) is 71.2 Å². The largest absolute Gasteiger partial charge is 0.494 e. The molecule has 0 fully saturated rings. The summed E-state index contributed by atoms with van der Waals surface area (Å²) >= 11 is 3.41. The number of benzene rings is 2. The minimum absolute atomic E-state index is 0.381. The van der Waals surface area contributed by atoms with E-state index >= 15 is 0 Å². The fraction of sp³-hybridized carbons (Fsp3) is 0.350. The highest BCUT2D eigenvalue weighted by molar-refractivity contribution is 9.10. The second kappa shape index (κ2) is 9.48. The molecule has 2 aromatic carbocycles. The Hall–Kier alpha value is -1.81. The zero-order valence-corrected chi connectivity index (χ0v) is 15.8. The number of hydrogen-bond acceptors (Lipinski definition) is 3. The molecule has 0 bridgehead atoms. The molecular weight excluding hydrogens is 368 g/mol. The van der Waals surface area contributed by atoms with E-state index in [1.54, 1.807) is 30.3 Å². The first kappa shape index (κ1) is 18.5. The lowest BCUT2D eigenvalue weighted by Gasteiger charge is -2.09. The number of hydrogen-bond donors (Lipinski definition) is 0. The molecule has 0 spiro atoms. The molecule has 0 saturated carbocycles. The normalized spacial score (nSPS) is 10.5. The van der Waals surface area contributed by atoms with Crippen molar-refractivity contribution in [2.75, 3.05) is 6.61 Å². The fourth-order valence-electron chi connectivity index (χ4n) is 2.25. The monoisotopic (exact) mass is 390 g/mol. The third-order valence-corrected chi connectivity index (χ3v) is 4.27. The van der Waals surface area contributed by atoms with Crippen molar-refractivity contribution in [1.29, 1.82) is 0 Å². The summed E-state index contributed by atoms with van der Waals surface area (Å²) in [6, 6.07) is 12.7. The van der Waals surface area contributed by atoms with Crippen molar-refractivity contribution in [3.63, 3.8) is 0 Å². The van der Waals surface area contributed by atoms with Crippen LogP contribution in [0, 0.1) is 6.92 Å². The number of unbranched alkanes of at least 4 members (excludes halogenated alkanes) is 3. The lowest BCUT2D eigenvalue weighted by atomic mass is 10.2. The minimum Gasteiger partial charge on any atom is -0.494 e. The lowest BCUT2D eigenvalue weighted by Crippen LogP contribution is -2.09. The van der Waals surface area contributed by atoms with Gasteiger partial charge in [-0.2, -0.15) is 0 Å². The van der Waals surface area contributed by atoms with Crippen molar-refractivity contribution in [2.45, 2.75) is 39.5 Å². The Kier molecular flexibility index (Phi) is 7.32. The van der Waals surface area contributed by atoms with E-state index < -0.39 is 0 Å². The molecule has 0 aliphatic heterocycles. The minimum atomic E-state index is -0.381. The van der Waals surface area contributed by atoms with Crippen LogP contribution >= 0.6 is 15.9 Å². The van der Waals surface area contributed by atoms with E-state index in [0.29, 0.717) is 17.9 Å². The SMILES string of the molecule is CCCCCCOc1ccc(C(=O)Oc2ccc(C)cc2Br)cc1. The predicted molar refractivity (Wildman–Crippen MR) is 99.9 cm³/mol. The number of ether oxygens (including phenoxy) is 2. The molecular formula is C20H23BrO3. The second-order valence-electron chi connectivity index (χ2n) is 5.76. The summed E-state index contributed by atoms with van der Waals surface area (Å²) < 4.78 is 11.9. The van der Waals surface area contributed by atoms with Crippen LogP contribution in [-0.2, 0) is 0 Å². The Labute approximate surface area is 152 Å². The highest BCUT2D eigenvalue weighted by Gasteiger charge is 2.11. The smallest absolute Gasteiger partial charge is 0.343 e. The fourth-order valence-corrected chi connectivity index (χ4v) is 2.83. The average Bonchev–Trinajstić information content (AvgIpc) is 2.57. The molecule has 24 heavy (non-hydrogen) atoms. The maximum atomic E-state index is 12.2. The van der Waals surface area contributed by atoms with E-state index in [0.717, 1.165) is 22.2 Å². The van der Waals surface area contributed by atoms with E-state index in [9.17, 15) is 4.79 Å². The predicted octanol–water partition coefficient (Wildman–Crippen LogP) is 5.94. The Bertz CT molecular complexity index is 665. The topological polar surface area (TPSA) is 35.5 Å². The van der Waals surface area contributed by atoms with Gasteiger partial charge in [0.1, 0.15) is 11.5 Å². The Morgan fingerprint density at radius 3 is 2.46 bits per heavy atom. The standard InChI is InChI=1S/C20H23BrO3/c1-3-4-5-6-13-23-17-10-8-16(9-11-17)20(22)24-19-12-7-15(2)14-18(19)21/h7-12,14H,3-6,13H2,1-2H3. The van der Waals surface area contributed by atoms with Crippen molar-refractivity contribution in [3.8, 4) is 11.5 Å². The molecule has 0 radical (unpaired) electrons. The lowest BCUT2D eigenvalue weighted by molar-refractivity contribution is 0.0733. The van der Waals surface area contributed by atoms with Crippen molar-refractivity contribution < 1.29 is 14.3 Å². The van der Waals surface area contributed by atoms with Gasteiger partial charge in [0, 0.05) is 0 Å². The molecule has 2 aromatic rings. The molecule has 0 N–H and O–H groups in total. The Morgan fingerprint density at radius 1 is 1.04 bits per heavy atom. The van der Waals surface area contributed by atoms with Crippen LogP contribution in [0.3, 0.4) is 0 Å². The third-order valence-electron chi connectivity index (χ3n) is 3.65. The summed E-state index contributed by atoms with van der Waals surface area (Å²) in [7, 11) is 0. The van der Waals surface area contributed by atoms with Crippen molar-refractivity contribution in [1.82, 2.24) is 0 Å². The van der Waals surface area contributed by atoms with Gasteiger partial charge in [-0.15, -0.1) is 0 Å². The summed E-state index contributed by atoms with van der Waals surface area (Å²) in [5.41, 5.74) is 1.60. The number of halogens is 1. The van der Waals surface area contributed by atoms with Gasteiger partial charge < -0.3 is 9.47 Å². The molecule has 0 aliphatic carbocycles. The quantitative estimate of drug-likeness (QED) is 0.318. The van der Waals surface area contributed by atoms with Crippen LogP contribution in [0.4, 0.5) is 0 Å². The van der Waals surface area contributed by atoms with Crippen molar-refractivity contribution in [3.05, 3.63) is 58.1 Å². The van der Waals surface area contributed by atoms with Gasteiger partial charge >= 0.3 is 5.97 Å². The molecule has 128 valence electrons. The molecule has 0 saturated heterocycles. The summed E-state index contributed by atoms with van der Waals surface area (Å²) in [6.07, 6.45) is 4.70. The maximum Gasteiger partial charge on any atom is 0.343 e. The summed E-state index contributed by atoms with van der Waals surface area (Å²) in [4.78, 5) is 12.2. The van der Waals surface area contributed by atoms with E-state index in [1.807, 2.05) is 19.1 Å². The van der Waals surface area contributed by atoms with E-state index in [1.165, 1.54) is 19.3 Å². The van der Waals surface area contributed by atoms with Crippen molar-refractivity contribution in [2.24, 2.45) is 0 Å². The highest BCUT2D eigenvalue weighted by atomic mass is 79.9. The zero-order valence-electron chi connectivity index (χ0n) is 14.2. The van der Waals surface area contributed by atoms with Crippen LogP contribution in [0.2, 0.25) is 0 Å². The van der Waals surface area contributed by atoms with Crippen LogP contribution in [0.1, 0.15) is 48.5 Å². The van der Waals surface area contributed by atoms with Gasteiger partial charge in [-0.1, -0.05) is 32.3 Å². The molecule has 0 unspecified atom stereocenters. The van der Waals surface area contributed by atoms with Crippen LogP contribution in [-0.4, -0.2) is 12.6 Å². The Balaban J connectivity index is 1.89. The van der Waals surface area contributed by atoms with Gasteiger partial charge in [0.15, 0.2) is 0 Å².